The number of methoxy groups -OCH3 is 1. The molecule has 1 N–H and O–H groups in total. The number of benzene rings is 1. The molecule has 0 unspecified atom stereocenters. The summed E-state index contributed by atoms with van der Waals surface area (Å²) < 4.78 is 19.3. The number of hydrogen-bond donors (Lipinski definition) is 1. The highest BCUT2D eigenvalue weighted by atomic mass is 16.7. The second kappa shape index (κ2) is 6.72. The lowest BCUT2D eigenvalue weighted by molar-refractivity contribution is 0.00578. The van der Waals surface area contributed by atoms with Gasteiger partial charge >= 0.3 is 7.12 Å². The van der Waals surface area contributed by atoms with Gasteiger partial charge in [-0.3, -0.25) is 4.68 Å². The highest BCUT2D eigenvalue weighted by molar-refractivity contribution is 6.62. The first-order chi connectivity index (χ1) is 12.1. The van der Waals surface area contributed by atoms with Crippen molar-refractivity contribution in [3.8, 4) is 5.75 Å². The normalized spacial score (nSPS) is 19.6. The number of aromatic nitrogens is 2. The van der Waals surface area contributed by atoms with Crippen LogP contribution in [0.2, 0.25) is 0 Å². The zero-order chi connectivity index (χ0) is 19.1. The van der Waals surface area contributed by atoms with Crippen LogP contribution in [0.5, 0.6) is 5.75 Å². The maximum absolute atomic E-state index is 10.2. The molecule has 1 aliphatic heterocycles. The van der Waals surface area contributed by atoms with Crippen molar-refractivity contribution >= 4 is 12.6 Å². The van der Waals surface area contributed by atoms with Crippen molar-refractivity contribution in [3.63, 3.8) is 0 Å². The van der Waals surface area contributed by atoms with Crippen LogP contribution in [0.25, 0.3) is 0 Å². The van der Waals surface area contributed by atoms with E-state index >= 15 is 0 Å². The summed E-state index contributed by atoms with van der Waals surface area (Å²) in [6.07, 6.45) is 1.19. The molecule has 0 bridgehead atoms. The van der Waals surface area contributed by atoms with Crippen LogP contribution in [0, 0.1) is 0 Å². The zero-order valence-electron chi connectivity index (χ0n) is 16.3. The summed E-state index contributed by atoms with van der Waals surface area (Å²) in [5, 5.41) is 14.7. The number of nitrogens with zero attached hydrogens (tertiary/aromatic N) is 2. The predicted molar refractivity (Wildman–Crippen MR) is 101 cm³/mol. The largest absolute Gasteiger partial charge is 0.498 e. The molecule has 1 aromatic heterocycles. The van der Waals surface area contributed by atoms with E-state index in [2.05, 4.69) is 5.10 Å². The highest BCUT2D eigenvalue weighted by Gasteiger charge is 2.53. The minimum atomic E-state index is -0.707. The Bertz CT molecular complexity index is 752. The van der Waals surface area contributed by atoms with Gasteiger partial charge in [0.15, 0.2) is 0 Å². The minimum absolute atomic E-state index is 0.439. The first-order valence-corrected chi connectivity index (χ1v) is 8.87. The summed E-state index contributed by atoms with van der Waals surface area (Å²) in [7, 11) is 1.10. The van der Waals surface area contributed by atoms with Crippen LogP contribution in [0.4, 0.5) is 0 Å². The summed E-state index contributed by atoms with van der Waals surface area (Å²) >= 11 is 0. The molecular formula is C19H27BN2O4. The van der Waals surface area contributed by atoms with Crippen molar-refractivity contribution in [1.29, 1.82) is 0 Å². The smallest absolute Gasteiger partial charge is 0.497 e. The molecule has 1 saturated heterocycles. The molecule has 1 atom stereocenters. The van der Waals surface area contributed by atoms with Gasteiger partial charge < -0.3 is 19.2 Å². The van der Waals surface area contributed by atoms with Crippen molar-refractivity contribution in [2.75, 3.05) is 7.11 Å². The maximum atomic E-state index is 10.2. The summed E-state index contributed by atoms with van der Waals surface area (Å²) in [6, 6.07) is 7.83. The Morgan fingerprint density at radius 1 is 1.15 bits per heavy atom. The van der Waals surface area contributed by atoms with Crippen LogP contribution < -0.4 is 10.2 Å². The molecular weight excluding hydrogens is 331 g/mol. The molecule has 0 saturated carbocycles. The third kappa shape index (κ3) is 3.52. The van der Waals surface area contributed by atoms with Gasteiger partial charge in [0, 0.05) is 11.7 Å². The average Bonchev–Trinajstić information content (AvgIpc) is 3.07. The van der Waals surface area contributed by atoms with Crippen LogP contribution in [0.3, 0.4) is 0 Å². The van der Waals surface area contributed by atoms with Gasteiger partial charge in [0.05, 0.1) is 36.7 Å². The van der Waals surface area contributed by atoms with Crippen LogP contribution in [-0.4, -0.2) is 40.3 Å². The van der Waals surface area contributed by atoms with Gasteiger partial charge in [0.25, 0.3) is 0 Å². The molecule has 1 fully saturated rings. The first-order valence-electron chi connectivity index (χ1n) is 8.87. The Kier molecular flexibility index (Phi) is 4.90. The molecule has 1 aromatic carbocycles. The minimum Gasteiger partial charge on any atom is -0.497 e. The molecule has 6 nitrogen and oxygen atoms in total. The Hall–Kier alpha value is -1.83. The van der Waals surface area contributed by atoms with E-state index in [4.69, 9.17) is 14.0 Å². The van der Waals surface area contributed by atoms with Crippen molar-refractivity contribution in [2.45, 2.75) is 58.5 Å². The molecule has 2 heterocycles. The van der Waals surface area contributed by atoms with E-state index < -0.39 is 24.4 Å². The molecule has 0 spiro atoms. The summed E-state index contributed by atoms with van der Waals surface area (Å²) in [4.78, 5) is 0. The zero-order valence-corrected chi connectivity index (χ0v) is 16.3. The standard InChI is InChI=1S/C19H27BN2O4/c1-13(23)17-16(20-25-18(2,3)19(4,5)26-20)12-22(21-17)11-14-7-9-15(24-6)10-8-14/h7-10,12-13,23H,11H2,1-6H3/t13-/m0/s1. The third-order valence-electron chi connectivity index (χ3n) is 5.23. The number of aliphatic hydroxyl groups excluding tert-OH is 1. The fourth-order valence-electron chi connectivity index (χ4n) is 2.93. The Labute approximate surface area is 155 Å². The van der Waals surface area contributed by atoms with Crippen molar-refractivity contribution in [2.24, 2.45) is 0 Å². The molecule has 0 aliphatic carbocycles. The molecule has 7 heteroatoms. The van der Waals surface area contributed by atoms with Gasteiger partial charge in [-0.15, -0.1) is 0 Å². The van der Waals surface area contributed by atoms with Crippen molar-refractivity contribution in [1.82, 2.24) is 9.78 Å². The number of ether oxygens (including phenoxy) is 1. The molecule has 0 amide bonds. The monoisotopic (exact) mass is 358 g/mol. The lowest BCUT2D eigenvalue weighted by Gasteiger charge is -2.32. The molecule has 1 aliphatic rings. The molecule has 0 radical (unpaired) electrons. The first kappa shape index (κ1) is 19.0. The van der Waals surface area contributed by atoms with Crippen LogP contribution in [-0.2, 0) is 15.9 Å². The van der Waals surface area contributed by atoms with E-state index in [0.717, 1.165) is 16.8 Å². The molecule has 2 aromatic rings. The van der Waals surface area contributed by atoms with Gasteiger partial charge in [-0.25, -0.2) is 0 Å². The lowest BCUT2D eigenvalue weighted by atomic mass is 9.78. The van der Waals surface area contributed by atoms with E-state index in [1.54, 1.807) is 14.0 Å². The van der Waals surface area contributed by atoms with E-state index in [9.17, 15) is 5.11 Å². The van der Waals surface area contributed by atoms with Gasteiger partial charge in [-0.1, -0.05) is 12.1 Å². The highest BCUT2D eigenvalue weighted by Crippen LogP contribution is 2.36. The average molecular weight is 358 g/mol. The second-order valence-corrected chi connectivity index (χ2v) is 7.78. The predicted octanol–water partition coefficient (Wildman–Crippen LogP) is 2.29. The van der Waals surface area contributed by atoms with Gasteiger partial charge in [-0.05, 0) is 52.3 Å². The fourth-order valence-corrected chi connectivity index (χ4v) is 2.93. The van der Waals surface area contributed by atoms with Gasteiger partial charge in [0.1, 0.15) is 5.75 Å². The number of aliphatic hydroxyl groups is 1. The van der Waals surface area contributed by atoms with Gasteiger partial charge in [0.2, 0.25) is 0 Å². The third-order valence-corrected chi connectivity index (χ3v) is 5.23. The molecule has 3 rings (SSSR count). The van der Waals surface area contributed by atoms with E-state index in [1.807, 2.05) is 62.8 Å². The Balaban J connectivity index is 1.87. The molecule has 140 valence electrons. The quantitative estimate of drug-likeness (QED) is 0.831. The van der Waals surface area contributed by atoms with Crippen LogP contribution in [0.1, 0.15) is 52.0 Å². The Morgan fingerprint density at radius 3 is 2.23 bits per heavy atom. The summed E-state index contributed by atoms with van der Waals surface area (Å²) in [5.41, 5.74) is 1.56. The van der Waals surface area contributed by atoms with Gasteiger partial charge in [-0.2, -0.15) is 5.10 Å². The second-order valence-electron chi connectivity index (χ2n) is 7.78. The Morgan fingerprint density at radius 2 is 1.73 bits per heavy atom. The number of rotatable bonds is 5. The number of hydrogen-bond acceptors (Lipinski definition) is 5. The van der Waals surface area contributed by atoms with E-state index in [1.165, 1.54) is 0 Å². The fraction of sp³-hybridized carbons (Fsp3) is 0.526. The van der Waals surface area contributed by atoms with E-state index in [-0.39, 0.29) is 0 Å². The maximum Gasteiger partial charge on any atom is 0.498 e. The molecule has 26 heavy (non-hydrogen) atoms. The van der Waals surface area contributed by atoms with Crippen LogP contribution in [0.15, 0.2) is 30.5 Å². The summed E-state index contributed by atoms with van der Waals surface area (Å²) in [6.45, 7) is 10.3. The van der Waals surface area contributed by atoms with Crippen LogP contribution >= 0.6 is 0 Å². The van der Waals surface area contributed by atoms with Crippen molar-refractivity contribution in [3.05, 3.63) is 41.7 Å². The SMILES string of the molecule is COc1ccc(Cn2cc(B3OC(C)(C)C(C)(C)O3)c([C@H](C)O)n2)cc1. The van der Waals surface area contributed by atoms with Crippen molar-refractivity contribution < 1.29 is 19.2 Å². The lowest BCUT2D eigenvalue weighted by Crippen LogP contribution is -2.41. The topological polar surface area (TPSA) is 65.7 Å². The summed E-state index contributed by atoms with van der Waals surface area (Å²) in [5.74, 6) is 0.816. The van der Waals surface area contributed by atoms with E-state index in [0.29, 0.717) is 12.2 Å².